The van der Waals surface area contributed by atoms with Gasteiger partial charge in [-0.05, 0) is 0 Å². The third-order valence-electron chi connectivity index (χ3n) is 1.04. The summed E-state index contributed by atoms with van der Waals surface area (Å²) in [7, 11) is 1.53. The summed E-state index contributed by atoms with van der Waals surface area (Å²) in [4.78, 5) is 0. The molecule has 0 aliphatic heterocycles. The van der Waals surface area contributed by atoms with Crippen molar-refractivity contribution in [1.82, 2.24) is 8.75 Å². The lowest BCUT2D eigenvalue weighted by Gasteiger charge is -2.03. The molecule has 5 heteroatoms. The van der Waals surface area contributed by atoms with Crippen LogP contribution in [-0.2, 0) is 4.74 Å². The topological polar surface area (TPSA) is 55.2 Å². The number of hydrogen-bond acceptors (Lipinski definition) is 5. The zero-order chi connectivity index (χ0) is 7.40. The fourth-order valence-electron chi connectivity index (χ4n) is 0.562. The molecule has 0 fully saturated rings. The number of methoxy groups -OCH3 is 1. The van der Waals surface area contributed by atoms with Crippen molar-refractivity contribution in [3.63, 3.8) is 0 Å². The lowest BCUT2D eigenvalue weighted by molar-refractivity contribution is 0.0622. The number of aromatic nitrogens is 2. The molecule has 1 heterocycles. The second-order valence-corrected chi connectivity index (χ2v) is 2.36. The van der Waals surface area contributed by atoms with Crippen LogP contribution in [0.1, 0.15) is 11.8 Å². The first kappa shape index (κ1) is 7.59. The Labute approximate surface area is 62.8 Å². The SMILES string of the molecule is COCC(O)c1cnsn1. The third-order valence-corrected chi connectivity index (χ3v) is 1.54. The molecule has 1 aromatic rings. The van der Waals surface area contributed by atoms with Crippen molar-refractivity contribution in [2.24, 2.45) is 0 Å². The van der Waals surface area contributed by atoms with Crippen LogP contribution in [0.2, 0.25) is 0 Å². The minimum atomic E-state index is -0.635. The molecule has 0 bridgehead atoms. The van der Waals surface area contributed by atoms with Crippen molar-refractivity contribution >= 4 is 11.7 Å². The average Bonchev–Trinajstić information content (AvgIpc) is 2.38. The number of rotatable bonds is 3. The lowest BCUT2D eigenvalue weighted by atomic mass is 10.3. The van der Waals surface area contributed by atoms with Gasteiger partial charge in [-0.1, -0.05) is 0 Å². The Hall–Kier alpha value is -0.520. The van der Waals surface area contributed by atoms with E-state index in [0.29, 0.717) is 5.69 Å². The van der Waals surface area contributed by atoms with Crippen LogP contribution in [0.5, 0.6) is 0 Å². The standard InChI is InChI=1S/C5H8N2O2S/c1-9-3-5(8)4-2-6-10-7-4/h2,5,8H,3H2,1H3. The maximum atomic E-state index is 9.19. The van der Waals surface area contributed by atoms with Crippen molar-refractivity contribution in [3.05, 3.63) is 11.9 Å². The van der Waals surface area contributed by atoms with Gasteiger partial charge < -0.3 is 9.84 Å². The van der Waals surface area contributed by atoms with E-state index in [1.807, 2.05) is 0 Å². The zero-order valence-corrected chi connectivity index (χ0v) is 6.34. The summed E-state index contributed by atoms with van der Waals surface area (Å²) in [5.41, 5.74) is 0.576. The van der Waals surface area contributed by atoms with E-state index in [2.05, 4.69) is 8.75 Å². The molecular weight excluding hydrogens is 152 g/mol. The van der Waals surface area contributed by atoms with Crippen LogP contribution in [-0.4, -0.2) is 27.6 Å². The Morgan fingerprint density at radius 3 is 3.20 bits per heavy atom. The van der Waals surface area contributed by atoms with Crippen LogP contribution < -0.4 is 0 Å². The summed E-state index contributed by atoms with van der Waals surface area (Å²) in [5, 5.41) is 9.19. The van der Waals surface area contributed by atoms with E-state index in [1.54, 1.807) is 0 Å². The zero-order valence-electron chi connectivity index (χ0n) is 5.52. The molecular formula is C5H8N2O2S. The van der Waals surface area contributed by atoms with Gasteiger partial charge in [0.2, 0.25) is 0 Å². The first-order valence-corrected chi connectivity index (χ1v) is 3.52. The Kier molecular flexibility index (Phi) is 2.73. The van der Waals surface area contributed by atoms with Crippen molar-refractivity contribution in [1.29, 1.82) is 0 Å². The summed E-state index contributed by atoms with van der Waals surface area (Å²) in [6, 6.07) is 0. The van der Waals surface area contributed by atoms with Crippen molar-refractivity contribution in [2.75, 3.05) is 13.7 Å². The van der Waals surface area contributed by atoms with Gasteiger partial charge in [-0.2, -0.15) is 8.75 Å². The van der Waals surface area contributed by atoms with E-state index >= 15 is 0 Å². The highest BCUT2D eigenvalue weighted by atomic mass is 32.1. The fraction of sp³-hybridized carbons (Fsp3) is 0.600. The predicted molar refractivity (Wildman–Crippen MR) is 36.7 cm³/mol. The number of aliphatic hydroxyl groups excluding tert-OH is 1. The minimum Gasteiger partial charge on any atom is -0.384 e. The largest absolute Gasteiger partial charge is 0.384 e. The Morgan fingerprint density at radius 1 is 1.90 bits per heavy atom. The summed E-state index contributed by atoms with van der Waals surface area (Å²) in [6.45, 7) is 0.269. The van der Waals surface area contributed by atoms with Crippen LogP contribution in [0.4, 0.5) is 0 Å². The van der Waals surface area contributed by atoms with Crippen LogP contribution in [0.25, 0.3) is 0 Å². The van der Waals surface area contributed by atoms with Gasteiger partial charge in [0.1, 0.15) is 11.8 Å². The van der Waals surface area contributed by atoms with Gasteiger partial charge in [-0.25, -0.2) is 0 Å². The van der Waals surface area contributed by atoms with Crippen LogP contribution >= 0.6 is 11.7 Å². The second-order valence-electron chi connectivity index (χ2n) is 1.80. The van der Waals surface area contributed by atoms with Crippen LogP contribution in [0.3, 0.4) is 0 Å². The van der Waals surface area contributed by atoms with E-state index in [4.69, 9.17) is 4.74 Å². The number of ether oxygens (including phenoxy) is 1. The van der Waals surface area contributed by atoms with Gasteiger partial charge in [-0.3, -0.25) is 0 Å². The molecule has 0 aromatic carbocycles. The number of nitrogens with zero attached hydrogens (tertiary/aromatic N) is 2. The molecule has 10 heavy (non-hydrogen) atoms. The predicted octanol–water partition coefficient (Wildman–Crippen LogP) is 0.218. The van der Waals surface area contributed by atoms with E-state index < -0.39 is 6.10 Å². The van der Waals surface area contributed by atoms with Crippen molar-refractivity contribution in [2.45, 2.75) is 6.10 Å². The van der Waals surface area contributed by atoms with Gasteiger partial charge >= 0.3 is 0 Å². The highest BCUT2D eigenvalue weighted by Gasteiger charge is 2.08. The molecule has 56 valence electrons. The molecule has 1 atom stereocenters. The molecule has 0 radical (unpaired) electrons. The fourth-order valence-corrected chi connectivity index (χ4v) is 1.03. The summed E-state index contributed by atoms with van der Waals surface area (Å²) in [6.07, 6.45) is 0.901. The van der Waals surface area contributed by atoms with Gasteiger partial charge in [0.25, 0.3) is 0 Å². The summed E-state index contributed by atoms with van der Waals surface area (Å²) >= 11 is 1.08. The Morgan fingerprint density at radius 2 is 2.70 bits per heavy atom. The normalized spacial score (nSPS) is 13.4. The molecule has 0 saturated carbocycles. The van der Waals surface area contributed by atoms with Crippen molar-refractivity contribution in [3.8, 4) is 0 Å². The molecule has 0 amide bonds. The molecule has 0 saturated heterocycles. The molecule has 1 N–H and O–H groups in total. The molecule has 1 aromatic heterocycles. The van der Waals surface area contributed by atoms with Crippen molar-refractivity contribution < 1.29 is 9.84 Å². The highest BCUT2D eigenvalue weighted by Crippen LogP contribution is 2.08. The molecule has 1 unspecified atom stereocenters. The van der Waals surface area contributed by atoms with E-state index in [0.717, 1.165) is 11.7 Å². The molecule has 4 nitrogen and oxygen atoms in total. The van der Waals surface area contributed by atoms with Gasteiger partial charge in [0, 0.05) is 7.11 Å². The van der Waals surface area contributed by atoms with Gasteiger partial charge in [0.05, 0.1) is 24.5 Å². The maximum absolute atomic E-state index is 9.19. The summed E-state index contributed by atoms with van der Waals surface area (Å²) in [5.74, 6) is 0. The van der Waals surface area contributed by atoms with Gasteiger partial charge in [-0.15, -0.1) is 0 Å². The highest BCUT2D eigenvalue weighted by molar-refractivity contribution is 6.99. The third kappa shape index (κ3) is 1.73. The van der Waals surface area contributed by atoms with Crippen LogP contribution in [0.15, 0.2) is 6.20 Å². The quantitative estimate of drug-likeness (QED) is 0.687. The molecule has 0 aliphatic rings. The monoisotopic (exact) mass is 160 g/mol. The minimum absolute atomic E-state index is 0.269. The smallest absolute Gasteiger partial charge is 0.122 e. The van der Waals surface area contributed by atoms with E-state index in [-0.39, 0.29) is 6.61 Å². The number of hydrogen-bond donors (Lipinski definition) is 1. The molecule has 1 rings (SSSR count). The van der Waals surface area contributed by atoms with Gasteiger partial charge in [0.15, 0.2) is 0 Å². The van der Waals surface area contributed by atoms with E-state index in [1.165, 1.54) is 13.3 Å². The lowest BCUT2D eigenvalue weighted by Crippen LogP contribution is -2.04. The van der Waals surface area contributed by atoms with Crippen LogP contribution in [0, 0.1) is 0 Å². The molecule has 0 spiro atoms. The van der Waals surface area contributed by atoms with E-state index in [9.17, 15) is 5.11 Å². The Balaban J connectivity index is 2.50. The average molecular weight is 160 g/mol. The molecule has 0 aliphatic carbocycles. The first-order valence-electron chi connectivity index (χ1n) is 2.79. The second kappa shape index (κ2) is 3.60. The maximum Gasteiger partial charge on any atom is 0.122 e. The first-order chi connectivity index (χ1) is 4.84. The number of aliphatic hydroxyl groups is 1. The summed E-state index contributed by atoms with van der Waals surface area (Å²) < 4.78 is 12.3. The Bertz CT molecular complexity index is 178.